The second-order valence-corrected chi connectivity index (χ2v) is 10.0. The highest BCUT2D eigenvalue weighted by molar-refractivity contribution is 6.30. The topological polar surface area (TPSA) is 101 Å². The summed E-state index contributed by atoms with van der Waals surface area (Å²) in [7, 11) is 3.42. The van der Waals surface area contributed by atoms with E-state index in [-0.39, 0.29) is 43.1 Å². The lowest BCUT2D eigenvalue weighted by Gasteiger charge is -2.25. The van der Waals surface area contributed by atoms with Crippen LogP contribution < -0.4 is 11.1 Å². The molecule has 2 atom stereocenters. The maximum absolute atomic E-state index is 15.8. The number of primary amides is 1. The van der Waals surface area contributed by atoms with Crippen LogP contribution in [0.4, 0.5) is 13.6 Å². The Balaban J connectivity index is 1.58. The predicted octanol–water partition coefficient (Wildman–Crippen LogP) is 3.09. The number of amides is 3. The Morgan fingerprint density at radius 2 is 1.89 bits per heavy atom. The fourth-order valence-corrected chi connectivity index (χ4v) is 5.13. The molecule has 196 valence electrons. The number of hydrogen-bond donors (Lipinski definition) is 2. The van der Waals surface area contributed by atoms with E-state index in [9.17, 15) is 18.8 Å². The molecule has 0 unspecified atom stereocenters. The van der Waals surface area contributed by atoms with Crippen LogP contribution in [0.15, 0.2) is 48.7 Å². The van der Waals surface area contributed by atoms with Gasteiger partial charge in [0.15, 0.2) is 0 Å². The second kappa shape index (κ2) is 10.5. The minimum atomic E-state index is -1.82. The number of alkyl halides is 1. The lowest BCUT2D eigenvalue weighted by molar-refractivity contribution is -0.138. The van der Waals surface area contributed by atoms with Gasteiger partial charge < -0.3 is 20.9 Å². The number of rotatable bonds is 7. The molecule has 1 aromatic heterocycles. The van der Waals surface area contributed by atoms with Crippen LogP contribution >= 0.6 is 11.6 Å². The van der Waals surface area contributed by atoms with E-state index in [1.54, 1.807) is 49.3 Å². The van der Waals surface area contributed by atoms with E-state index in [1.165, 1.54) is 27.8 Å². The number of likely N-dealkylation sites (tertiary alicyclic amines) is 1. The molecule has 37 heavy (non-hydrogen) atoms. The van der Waals surface area contributed by atoms with Crippen molar-refractivity contribution in [1.82, 2.24) is 19.7 Å². The number of benzene rings is 2. The highest BCUT2D eigenvalue weighted by atomic mass is 35.5. The van der Waals surface area contributed by atoms with E-state index in [0.29, 0.717) is 16.5 Å². The third kappa shape index (κ3) is 5.60. The van der Waals surface area contributed by atoms with E-state index in [4.69, 9.17) is 17.3 Å². The Hall–Kier alpha value is -3.50. The highest BCUT2D eigenvalue weighted by Gasteiger charge is 2.49. The van der Waals surface area contributed by atoms with Crippen LogP contribution in [0.3, 0.4) is 0 Å². The van der Waals surface area contributed by atoms with E-state index in [0.717, 1.165) is 0 Å². The summed E-state index contributed by atoms with van der Waals surface area (Å²) in [5, 5.41) is 3.20. The molecule has 3 amide bonds. The van der Waals surface area contributed by atoms with Crippen molar-refractivity contribution in [3.8, 4) is 0 Å². The van der Waals surface area contributed by atoms with Crippen molar-refractivity contribution < 1.29 is 23.2 Å². The molecule has 8 nitrogen and oxygen atoms in total. The molecule has 0 saturated carbocycles. The van der Waals surface area contributed by atoms with Gasteiger partial charge in [0.1, 0.15) is 17.5 Å². The van der Waals surface area contributed by atoms with Crippen LogP contribution in [-0.2, 0) is 22.6 Å². The maximum atomic E-state index is 15.8. The van der Waals surface area contributed by atoms with Gasteiger partial charge >= 0.3 is 6.03 Å². The fraction of sp³-hybridized carbons (Fsp3) is 0.346. The zero-order chi connectivity index (χ0) is 26.9. The van der Waals surface area contributed by atoms with Crippen LogP contribution in [0.5, 0.6) is 0 Å². The molecule has 4 rings (SSSR count). The first kappa shape index (κ1) is 26.6. The molecule has 0 spiro atoms. The second-order valence-electron chi connectivity index (χ2n) is 9.62. The van der Waals surface area contributed by atoms with Gasteiger partial charge in [0.2, 0.25) is 11.8 Å². The first-order valence-corrected chi connectivity index (χ1v) is 12.1. The molecule has 1 saturated heterocycles. The Bertz CT molecular complexity index is 1360. The van der Waals surface area contributed by atoms with Crippen LogP contribution in [0, 0.1) is 5.82 Å². The average Bonchev–Trinajstić information content (AvgIpc) is 3.38. The maximum Gasteiger partial charge on any atom is 0.323 e. The summed E-state index contributed by atoms with van der Waals surface area (Å²) in [6, 6.07) is 9.63. The third-order valence-corrected chi connectivity index (χ3v) is 6.76. The predicted molar refractivity (Wildman–Crippen MR) is 136 cm³/mol. The molecule has 0 bridgehead atoms. The van der Waals surface area contributed by atoms with Crippen molar-refractivity contribution in [3.63, 3.8) is 0 Å². The van der Waals surface area contributed by atoms with Gasteiger partial charge in [-0.25, -0.2) is 13.6 Å². The van der Waals surface area contributed by atoms with Gasteiger partial charge in [0.25, 0.3) is 0 Å². The largest absolute Gasteiger partial charge is 0.351 e. The Kier molecular flexibility index (Phi) is 7.52. The van der Waals surface area contributed by atoms with Gasteiger partial charge in [-0.15, -0.1) is 0 Å². The molecule has 11 heteroatoms. The minimum absolute atomic E-state index is 0.0183. The van der Waals surface area contributed by atoms with E-state index in [2.05, 4.69) is 5.32 Å². The average molecular weight is 532 g/mol. The smallest absolute Gasteiger partial charge is 0.323 e. The van der Waals surface area contributed by atoms with Crippen LogP contribution in [0.2, 0.25) is 5.02 Å². The minimum Gasteiger partial charge on any atom is -0.351 e. The summed E-state index contributed by atoms with van der Waals surface area (Å²) in [5.41, 5.74) is 4.92. The highest BCUT2D eigenvalue weighted by Crippen LogP contribution is 2.33. The standard InChI is InChI=1S/C26H28ClF2N5O3/c1-32(2)14-26(29)11-21(24(36)31-12-16-6-5-8-19(27)23(16)28)34(15-26)22(35)10-17-13-33(25(30)37)20-9-4-3-7-18(17)20/h3-9,13,21H,10-12,14-15H2,1-2H3,(H2,30,37)(H,31,36)/t21-,26+/m0/s1. The molecule has 1 aliphatic heterocycles. The summed E-state index contributed by atoms with van der Waals surface area (Å²) in [4.78, 5) is 41.4. The van der Waals surface area contributed by atoms with Crippen molar-refractivity contribution >= 4 is 40.3 Å². The SMILES string of the molecule is CN(C)C[C@]1(F)C[C@@H](C(=O)NCc2cccc(Cl)c2F)N(C(=O)Cc2cn(C(N)=O)c3ccccc23)C1. The number of carbonyl (C=O) groups is 3. The Morgan fingerprint density at radius 3 is 2.59 bits per heavy atom. The Labute approximate surface area is 217 Å². The number of fused-ring (bicyclic) bond motifs is 1. The van der Waals surface area contributed by atoms with E-state index < -0.39 is 35.4 Å². The first-order valence-electron chi connectivity index (χ1n) is 11.7. The lowest BCUT2D eigenvalue weighted by Crippen LogP contribution is -2.46. The zero-order valence-electron chi connectivity index (χ0n) is 20.5. The van der Waals surface area contributed by atoms with Gasteiger partial charge in [0, 0.05) is 36.7 Å². The summed E-state index contributed by atoms with van der Waals surface area (Å²) >= 11 is 5.82. The van der Waals surface area contributed by atoms with Gasteiger partial charge in [-0.05, 0) is 31.8 Å². The summed E-state index contributed by atoms with van der Waals surface area (Å²) in [5.74, 6) is -1.72. The van der Waals surface area contributed by atoms with Gasteiger partial charge in [-0.2, -0.15) is 0 Å². The first-order chi connectivity index (χ1) is 17.5. The summed E-state index contributed by atoms with van der Waals surface area (Å²) in [6.45, 7) is -0.421. The molecular weight excluding hydrogens is 504 g/mol. The molecule has 1 fully saturated rings. The van der Waals surface area contributed by atoms with Crippen molar-refractivity contribution in [2.45, 2.75) is 31.1 Å². The quantitative estimate of drug-likeness (QED) is 0.489. The lowest BCUT2D eigenvalue weighted by atomic mass is 10.0. The number of para-hydroxylation sites is 1. The molecule has 1 aliphatic rings. The summed E-state index contributed by atoms with van der Waals surface area (Å²) in [6.07, 6.45) is 1.12. The van der Waals surface area contributed by atoms with Crippen LogP contribution in [-0.4, -0.2) is 71.1 Å². The van der Waals surface area contributed by atoms with E-state index in [1.807, 2.05) is 0 Å². The zero-order valence-corrected chi connectivity index (χ0v) is 21.3. The van der Waals surface area contributed by atoms with E-state index >= 15 is 4.39 Å². The monoisotopic (exact) mass is 531 g/mol. The van der Waals surface area contributed by atoms with Crippen LogP contribution in [0.25, 0.3) is 10.9 Å². The molecule has 2 aromatic carbocycles. The molecule has 0 aliphatic carbocycles. The van der Waals surface area contributed by atoms with Crippen molar-refractivity contribution in [2.24, 2.45) is 5.73 Å². The number of nitrogens with two attached hydrogens (primary N) is 1. The van der Waals surface area contributed by atoms with Gasteiger partial charge in [0.05, 0.1) is 23.5 Å². The number of hydrogen-bond acceptors (Lipinski definition) is 4. The number of nitrogens with zero attached hydrogens (tertiary/aromatic N) is 3. The number of nitrogens with one attached hydrogen (secondary N) is 1. The number of halogens is 3. The molecule has 2 heterocycles. The Morgan fingerprint density at radius 1 is 1.16 bits per heavy atom. The van der Waals surface area contributed by atoms with Gasteiger partial charge in [-0.1, -0.05) is 41.9 Å². The van der Waals surface area contributed by atoms with Crippen molar-refractivity contribution in [2.75, 3.05) is 27.2 Å². The number of aromatic nitrogens is 1. The summed E-state index contributed by atoms with van der Waals surface area (Å²) < 4.78 is 31.3. The fourth-order valence-electron chi connectivity index (χ4n) is 4.94. The molecule has 3 aromatic rings. The molecular formula is C26H28ClF2N5O3. The van der Waals surface area contributed by atoms with Gasteiger partial charge in [-0.3, -0.25) is 14.2 Å². The number of carbonyl (C=O) groups excluding carboxylic acids is 3. The third-order valence-electron chi connectivity index (χ3n) is 6.47. The molecule has 0 radical (unpaired) electrons. The van der Waals surface area contributed by atoms with Crippen molar-refractivity contribution in [1.29, 1.82) is 0 Å². The normalized spacial score (nSPS) is 19.5. The van der Waals surface area contributed by atoms with Crippen LogP contribution in [0.1, 0.15) is 17.5 Å². The molecule has 3 N–H and O–H groups in total. The van der Waals surface area contributed by atoms with Crippen molar-refractivity contribution in [3.05, 3.63) is 70.6 Å².